The number of anilines is 1. The van der Waals surface area contributed by atoms with Crippen molar-refractivity contribution in [1.29, 1.82) is 0 Å². The van der Waals surface area contributed by atoms with Gasteiger partial charge in [-0.15, -0.1) is 0 Å². The molecule has 0 aromatic heterocycles. The van der Waals surface area contributed by atoms with E-state index in [1.807, 2.05) is 0 Å². The molecule has 3 rings (SSSR count). The van der Waals surface area contributed by atoms with Crippen LogP contribution in [0.5, 0.6) is 0 Å². The van der Waals surface area contributed by atoms with Crippen molar-refractivity contribution in [3.8, 4) is 0 Å². The number of hydrogen-bond donors (Lipinski definition) is 0. The monoisotopic (exact) mass is 308 g/mol. The van der Waals surface area contributed by atoms with Crippen LogP contribution in [0.4, 0.5) is 5.69 Å². The van der Waals surface area contributed by atoms with Gasteiger partial charge in [0.05, 0.1) is 0 Å². The molecule has 23 heavy (non-hydrogen) atoms. The lowest BCUT2D eigenvalue weighted by molar-refractivity contribution is 0.306. The fourth-order valence-corrected chi connectivity index (χ4v) is 3.69. The molecule has 2 aromatic carbocycles. The van der Waals surface area contributed by atoms with Crippen LogP contribution in [-0.4, -0.2) is 37.1 Å². The molecule has 0 fully saturated rings. The summed E-state index contributed by atoms with van der Waals surface area (Å²) in [6, 6.07) is 20.4. The number of para-hydroxylation sites is 1. The van der Waals surface area contributed by atoms with E-state index in [1.165, 1.54) is 29.7 Å². The van der Waals surface area contributed by atoms with Crippen LogP contribution in [0.1, 0.15) is 25.0 Å². The number of benzene rings is 2. The minimum atomic E-state index is 0.588. The van der Waals surface area contributed by atoms with Crippen molar-refractivity contribution < 1.29 is 0 Å². The van der Waals surface area contributed by atoms with E-state index in [0.29, 0.717) is 6.04 Å². The lowest BCUT2D eigenvalue weighted by Gasteiger charge is -2.33. The Bertz CT molecular complexity index is 579. The summed E-state index contributed by atoms with van der Waals surface area (Å²) in [6.45, 7) is 9.00. The highest BCUT2D eigenvalue weighted by Crippen LogP contribution is 2.28. The predicted molar refractivity (Wildman–Crippen MR) is 99.2 cm³/mol. The van der Waals surface area contributed by atoms with Gasteiger partial charge in [-0.2, -0.15) is 0 Å². The smallest absolute Gasteiger partial charge is 0.0371 e. The lowest BCUT2D eigenvalue weighted by atomic mass is 10.1. The van der Waals surface area contributed by atoms with Gasteiger partial charge in [-0.3, -0.25) is 0 Å². The summed E-state index contributed by atoms with van der Waals surface area (Å²) in [5, 5.41) is 0. The zero-order valence-corrected chi connectivity index (χ0v) is 14.4. The van der Waals surface area contributed by atoms with Crippen molar-refractivity contribution in [3.63, 3.8) is 0 Å². The fourth-order valence-electron chi connectivity index (χ4n) is 3.69. The Hall–Kier alpha value is -1.80. The van der Waals surface area contributed by atoms with E-state index in [0.717, 1.165) is 26.2 Å². The molecule has 0 unspecified atom stereocenters. The summed E-state index contributed by atoms with van der Waals surface area (Å²) in [5.41, 5.74) is 4.42. The third kappa shape index (κ3) is 3.76. The Labute approximate surface area is 140 Å². The molecule has 0 N–H and O–H groups in total. The SMILES string of the molecule is CCN(CC)CCN(c1ccccc1)C1Cc2ccccc2C1. The van der Waals surface area contributed by atoms with E-state index in [-0.39, 0.29) is 0 Å². The van der Waals surface area contributed by atoms with Crippen molar-refractivity contribution in [2.24, 2.45) is 0 Å². The molecular formula is C21H28N2. The third-order valence-corrected chi connectivity index (χ3v) is 5.11. The van der Waals surface area contributed by atoms with Gasteiger partial charge in [-0.25, -0.2) is 0 Å². The third-order valence-electron chi connectivity index (χ3n) is 5.11. The molecule has 0 heterocycles. The molecule has 0 aliphatic heterocycles. The molecule has 122 valence electrons. The van der Waals surface area contributed by atoms with Crippen LogP contribution in [0.15, 0.2) is 54.6 Å². The Morgan fingerprint density at radius 1 is 0.783 bits per heavy atom. The molecule has 0 radical (unpaired) electrons. The van der Waals surface area contributed by atoms with Crippen molar-refractivity contribution in [2.75, 3.05) is 31.1 Å². The molecule has 1 aliphatic carbocycles. The van der Waals surface area contributed by atoms with Gasteiger partial charge in [-0.1, -0.05) is 56.3 Å². The molecule has 0 amide bonds. The summed E-state index contributed by atoms with van der Waals surface area (Å²) in [6.07, 6.45) is 2.34. The first-order valence-corrected chi connectivity index (χ1v) is 8.92. The molecule has 1 aliphatic rings. The first-order valence-electron chi connectivity index (χ1n) is 8.92. The van der Waals surface area contributed by atoms with E-state index < -0.39 is 0 Å². The molecule has 2 nitrogen and oxygen atoms in total. The number of likely N-dealkylation sites (N-methyl/N-ethyl adjacent to an activating group) is 1. The summed E-state index contributed by atoms with van der Waals surface area (Å²) in [5.74, 6) is 0. The fraction of sp³-hybridized carbons (Fsp3) is 0.429. The van der Waals surface area contributed by atoms with Gasteiger partial charge in [0.1, 0.15) is 0 Å². The quantitative estimate of drug-likeness (QED) is 0.763. The van der Waals surface area contributed by atoms with Crippen LogP contribution in [0, 0.1) is 0 Å². The van der Waals surface area contributed by atoms with Gasteiger partial charge in [0.15, 0.2) is 0 Å². The maximum atomic E-state index is 2.62. The number of nitrogens with zero attached hydrogens (tertiary/aromatic N) is 2. The minimum Gasteiger partial charge on any atom is -0.367 e. The standard InChI is InChI=1S/C21H28N2/c1-3-22(4-2)14-15-23(20-12-6-5-7-13-20)21-16-18-10-8-9-11-19(18)17-21/h5-13,21H,3-4,14-17H2,1-2H3. The topological polar surface area (TPSA) is 6.48 Å². The van der Waals surface area contributed by atoms with Gasteiger partial charge >= 0.3 is 0 Å². The average molecular weight is 308 g/mol. The lowest BCUT2D eigenvalue weighted by Crippen LogP contribution is -2.41. The maximum Gasteiger partial charge on any atom is 0.0371 e. The number of rotatable bonds is 7. The van der Waals surface area contributed by atoms with Gasteiger partial charge in [0, 0.05) is 24.8 Å². The second-order valence-electron chi connectivity index (χ2n) is 6.39. The van der Waals surface area contributed by atoms with Crippen LogP contribution in [0.3, 0.4) is 0 Å². The molecule has 0 saturated heterocycles. The van der Waals surface area contributed by atoms with E-state index >= 15 is 0 Å². The van der Waals surface area contributed by atoms with Crippen LogP contribution in [0.2, 0.25) is 0 Å². The van der Waals surface area contributed by atoms with Gasteiger partial charge in [-0.05, 0) is 49.2 Å². The Morgan fingerprint density at radius 3 is 1.91 bits per heavy atom. The molecule has 2 aromatic rings. The molecule has 0 spiro atoms. The highest BCUT2D eigenvalue weighted by molar-refractivity contribution is 5.49. The molecular weight excluding hydrogens is 280 g/mol. The second kappa shape index (κ2) is 7.65. The van der Waals surface area contributed by atoms with Crippen molar-refractivity contribution in [2.45, 2.75) is 32.7 Å². The van der Waals surface area contributed by atoms with E-state index in [1.54, 1.807) is 0 Å². The first kappa shape index (κ1) is 16.1. The van der Waals surface area contributed by atoms with Crippen molar-refractivity contribution >= 4 is 5.69 Å². The van der Waals surface area contributed by atoms with Crippen LogP contribution < -0.4 is 4.90 Å². The van der Waals surface area contributed by atoms with Gasteiger partial charge in [0.2, 0.25) is 0 Å². The first-order chi connectivity index (χ1) is 11.3. The minimum absolute atomic E-state index is 0.588. The summed E-state index contributed by atoms with van der Waals surface area (Å²) < 4.78 is 0. The van der Waals surface area contributed by atoms with Gasteiger partial charge in [0.25, 0.3) is 0 Å². The highest BCUT2D eigenvalue weighted by Gasteiger charge is 2.26. The zero-order chi connectivity index (χ0) is 16.1. The second-order valence-corrected chi connectivity index (χ2v) is 6.39. The predicted octanol–water partition coefficient (Wildman–Crippen LogP) is 4.00. The Morgan fingerprint density at radius 2 is 1.35 bits per heavy atom. The van der Waals surface area contributed by atoms with E-state index in [9.17, 15) is 0 Å². The van der Waals surface area contributed by atoms with Crippen LogP contribution in [-0.2, 0) is 12.8 Å². The number of hydrogen-bond acceptors (Lipinski definition) is 2. The summed E-state index contributed by atoms with van der Waals surface area (Å²) in [4.78, 5) is 5.14. The molecule has 0 saturated carbocycles. The summed E-state index contributed by atoms with van der Waals surface area (Å²) >= 11 is 0. The van der Waals surface area contributed by atoms with E-state index in [2.05, 4.69) is 78.2 Å². The average Bonchev–Trinajstić information content (AvgIpc) is 3.03. The van der Waals surface area contributed by atoms with Crippen molar-refractivity contribution in [3.05, 3.63) is 65.7 Å². The maximum absolute atomic E-state index is 2.62. The van der Waals surface area contributed by atoms with Crippen LogP contribution >= 0.6 is 0 Å². The Kier molecular flexibility index (Phi) is 5.35. The van der Waals surface area contributed by atoms with Crippen LogP contribution in [0.25, 0.3) is 0 Å². The molecule has 0 bridgehead atoms. The van der Waals surface area contributed by atoms with Gasteiger partial charge < -0.3 is 9.80 Å². The normalized spacial score (nSPS) is 14.2. The number of fused-ring (bicyclic) bond motifs is 1. The van der Waals surface area contributed by atoms with E-state index in [4.69, 9.17) is 0 Å². The largest absolute Gasteiger partial charge is 0.367 e. The summed E-state index contributed by atoms with van der Waals surface area (Å²) in [7, 11) is 0. The Balaban J connectivity index is 1.76. The van der Waals surface area contributed by atoms with Crippen molar-refractivity contribution in [1.82, 2.24) is 4.90 Å². The zero-order valence-electron chi connectivity index (χ0n) is 14.4. The molecule has 0 atom stereocenters. The highest BCUT2D eigenvalue weighted by atomic mass is 15.2. The molecule has 2 heteroatoms.